The molecular weight excluding hydrogens is 232 g/mol. The van der Waals surface area contributed by atoms with Crippen molar-refractivity contribution >= 4 is 10.9 Å². The molecule has 0 spiro atoms. The number of aromatic nitrogens is 1. The predicted molar refractivity (Wildman–Crippen MR) is 81.7 cm³/mol. The zero-order valence-electron chi connectivity index (χ0n) is 12.3. The predicted octanol–water partition coefficient (Wildman–Crippen LogP) is 3.48. The molecule has 2 heterocycles. The third-order valence-electron chi connectivity index (χ3n) is 4.70. The lowest BCUT2D eigenvalue weighted by molar-refractivity contribution is 0.399. The van der Waals surface area contributed by atoms with Crippen molar-refractivity contribution in [2.24, 2.45) is 7.05 Å². The van der Waals surface area contributed by atoms with E-state index in [4.69, 9.17) is 0 Å². The third kappa shape index (κ3) is 2.18. The molecule has 1 aromatic heterocycles. The normalized spacial score (nSPS) is 20.1. The van der Waals surface area contributed by atoms with Gasteiger partial charge < -0.3 is 9.88 Å². The number of para-hydroxylation sites is 1. The first kappa shape index (κ1) is 12.7. The minimum atomic E-state index is 0.665. The maximum atomic E-state index is 3.67. The quantitative estimate of drug-likeness (QED) is 0.870. The van der Waals surface area contributed by atoms with Crippen LogP contribution < -0.4 is 5.32 Å². The summed E-state index contributed by atoms with van der Waals surface area (Å²) in [5, 5.41) is 5.13. The van der Waals surface area contributed by atoms with Crippen molar-refractivity contribution in [2.45, 2.75) is 45.6 Å². The van der Waals surface area contributed by atoms with Gasteiger partial charge >= 0.3 is 0 Å². The van der Waals surface area contributed by atoms with E-state index < -0.39 is 0 Å². The van der Waals surface area contributed by atoms with Crippen molar-refractivity contribution in [3.8, 4) is 0 Å². The summed E-state index contributed by atoms with van der Waals surface area (Å²) < 4.78 is 2.36. The second-order valence-electron chi connectivity index (χ2n) is 5.95. The number of nitrogens with zero attached hydrogens (tertiary/aromatic N) is 1. The van der Waals surface area contributed by atoms with Crippen molar-refractivity contribution < 1.29 is 0 Å². The fourth-order valence-electron chi connectivity index (χ4n) is 3.52. The summed E-state index contributed by atoms with van der Waals surface area (Å²) in [6.07, 6.45) is 5.21. The summed E-state index contributed by atoms with van der Waals surface area (Å²) >= 11 is 0. The molecule has 2 nitrogen and oxygen atoms in total. The first-order valence-electron chi connectivity index (χ1n) is 7.45. The minimum absolute atomic E-state index is 0.665. The summed E-state index contributed by atoms with van der Waals surface area (Å²) in [4.78, 5) is 0. The second-order valence-corrected chi connectivity index (χ2v) is 5.95. The number of aryl methyl sites for hydroxylation is 2. The van der Waals surface area contributed by atoms with Gasteiger partial charge in [-0.2, -0.15) is 0 Å². The van der Waals surface area contributed by atoms with Crippen LogP contribution in [0.15, 0.2) is 18.2 Å². The fraction of sp³-hybridized carbons (Fsp3) is 0.529. The Morgan fingerprint density at radius 1 is 1.26 bits per heavy atom. The molecule has 1 aliphatic heterocycles. The molecule has 19 heavy (non-hydrogen) atoms. The number of benzene rings is 1. The van der Waals surface area contributed by atoms with Crippen LogP contribution >= 0.6 is 0 Å². The Bertz CT molecular complexity index is 589. The molecule has 1 aromatic carbocycles. The number of piperidine rings is 1. The first-order chi connectivity index (χ1) is 9.18. The lowest BCUT2D eigenvalue weighted by Crippen LogP contribution is -2.35. The van der Waals surface area contributed by atoms with E-state index in [1.807, 2.05) is 0 Å². The highest BCUT2D eigenvalue weighted by Gasteiger charge is 2.19. The van der Waals surface area contributed by atoms with Crippen LogP contribution in [-0.2, 0) is 13.5 Å². The number of nitrogens with one attached hydrogen (secondary N) is 1. The molecule has 0 saturated carbocycles. The molecule has 1 aliphatic rings. The van der Waals surface area contributed by atoms with E-state index in [9.17, 15) is 0 Å². The Hall–Kier alpha value is -1.28. The molecule has 102 valence electrons. The van der Waals surface area contributed by atoms with E-state index in [0.29, 0.717) is 6.04 Å². The lowest BCUT2D eigenvalue weighted by atomic mass is 9.96. The summed E-state index contributed by atoms with van der Waals surface area (Å²) in [6, 6.07) is 7.35. The molecule has 3 rings (SSSR count). The topological polar surface area (TPSA) is 17.0 Å². The summed E-state index contributed by atoms with van der Waals surface area (Å²) in [5.41, 5.74) is 5.76. The minimum Gasteiger partial charge on any atom is -0.347 e. The van der Waals surface area contributed by atoms with Gasteiger partial charge in [-0.05, 0) is 50.8 Å². The SMILES string of the molecule is Cc1cccc2c(CC3CCCCN3)c(C)n(C)c12. The highest BCUT2D eigenvalue weighted by molar-refractivity contribution is 5.88. The standard InChI is InChI=1S/C17H24N2/c1-12-7-6-9-15-16(13(2)19(3)17(12)15)11-14-8-4-5-10-18-14/h6-7,9,14,18H,4-5,8,10-11H2,1-3H3. The van der Waals surface area contributed by atoms with Gasteiger partial charge in [0.15, 0.2) is 0 Å². The number of hydrogen-bond donors (Lipinski definition) is 1. The van der Waals surface area contributed by atoms with Gasteiger partial charge in [0.05, 0.1) is 5.52 Å². The van der Waals surface area contributed by atoms with Crippen LogP contribution in [0.25, 0.3) is 10.9 Å². The fourth-order valence-corrected chi connectivity index (χ4v) is 3.52. The molecule has 0 amide bonds. The van der Waals surface area contributed by atoms with Crippen LogP contribution in [0.3, 0.4) is 0 Å². The molecular formula is C17H24N2. The maximum Gasteiger partial charge on any atom is 0.0512 e. The van der Waals surface area contributed by atoms with Crippen molar-refractivity contribution in [1.29, 1.82) is 0 Å². The average Bonchev–Trinajstić information content (AvgIpc) is 2.66. The maximum absolute atomic E-state index is 3.67. The zero-order chi connectivity index (χ0) is 13.4. The van der Waals surface area contributed by atoms with Crippen LogP contribution in [0.4, 0.5) is 0 Å². The molecule has 0 radical (unpaired) electrons. The van der Waals surface area contributed by atoms with Gasteiger partial charge in [0.2, 0.25) is 0 Å². The summed E-state index contributed by atoms with van der Waals surface area (Å²) in [6.45, 7) is 5.66. The third-order valence-corrected chi connectivity index (χ3v) is 4.70. The van der Waals surface area contributed by atoms with Gasteiger partial charge in [0.1, 0.15) is 0 Å². The smallest absolute Gasteiger partial charge is 0.0512 e. The van der Waals surface area contributed by atoms with E-state index in [1.165, 1.54) is 54.4 Å². The Labute approximate surface area is 115 Å². The van der Waals surface area contributed by atoms with Gasteiger partial charge in [-0.25, -0.2) is 0 Å². The van der Waals surface area contributed by atoms with Crippen LogP contribution in [-0.4, -0.2) is 17.2 Å². The Balaban J connectivity index is 2.03. The van der Waals surface area contributed by atoms with E-state index >= 15 is 0 Å². The molecule has 1 atom stereocenters. The second kappa shape index (κ2) is 5.01. The summed E-state index contributed by atoms with van der Waals surface area (Å²) in [7, 11) is 2.20. The first-order valence-corrected chi connectivity index (χ1v) is 7.45. The van der Waals surface area contributed by atoms with E-state index in [-0.39, 0.29) is 0 Å². The van der Waals surface area contributed by atoms with E-state index in [2.05, 4.69) is 49.0 Å². The van der Waals surface area contributed by atoms with Gasteiger partial charge in [0.25, 0.3) is 0 Å². The average molecular weight is 256 g/mol. The summed E-state index contributed by atoms with van der Waals surface area (Å²) in [5.74, 6) is 0. The molecule has 1 N–H and O–H groups in total. The van der Waals surface area contributed by atoms with Crippen LogP contribution in [0, 0.1) is 13.8 Å². The molecule has 2 aromatic rings. The van der Waals surface area contributed by atoms with Crippen molar-refractivity contribution in [3.05, 3.63) is 35.0 Å². The van der Waals surface area contributed by atoms with Crippen molar-refractivity contribution in [1.82, 2.24) is 9.88 Å². The van der Waals surface area contributed by atoms with E-state index in [0.717, 1.165) is 0 Å². The number of rotatable bonds is 2. The van der Waals surface area contributed by atoms with E-state index in [1.54, 1.807) is 5.56 Å². The highest BCUT2D eigenvalue weighted by Crippen LogP contribution is 2.29. The van der Waals surface area contributed by atoms with Gasteiger partial charge in [0, 0.05) is 24.2 Å². The van der Waals surface area contributed by atoms with Crippen molar-refractivity contribution in [3.63, 3.8) is 0 Å². The number of fused-ring (bicyclic) bond motifs is 1. The molecule has 0 bridgehead atoms. The molecule has 1 fully saturated rings. The zero-order valence-corrected chi connectivity index (χ0v) is 12.3. The Kier molecular flexibility index (Phi) is 3.36. The molecule has 0 aliphatic carbocycles. The van der Waals surface area contributed by atoms with Gasteiger partial charge in [-0.15, -0.1) is 0 Å². The van der Waals surface area contributed by atoms with Crippen molar-refractivity contribution in [2.75, 3.05) is 6.54 Å². The molecule has 1 saturated heterocycles. The molecule has 1 unspecified atom stereocenters. The lowest BCUT2D eigenvalue weighted by Gasteiger charge is -2.23. The Morgan fingerprint density at radius 3 is 2.84 bits per heavy atom. The Morgan fingerprint density at radius 2 is 2.11 bits per heavy atom. The highest BCUT2D eigenvalue weighted by atomic mass is 15.0. The van der Waals surface area contributed by atoms with Crippen LogP contribution in [0.5, 0.6) is 0 Å². The number of hydrogen-bond acceptors (Lipinski definition) is 1. The monoisotopic (exact) mass is 256 g/mol. The van der Waals surface area contributed by atoms with Gasteiger partial charge in [-0.1, -0.05) is 24.6 Å². The van der Waals surface area contributed by atoms with Crippen LogP contribution in [0.2, 0.25) is 0 Å². The van der Waals surface area contributed by atoms with Gasteiger partial charge in [-0.3, -0.25) is 0 Å². The van der Waals surface area contributed by atoms with Crippen LogP contribution in [0.1, 0.15) is 36.1 Å². The molecule has 2 heteroatoms. The largest absolute Gasteiger partial charge is 0.347 e.